The van der Waals surface area contributed by atoms with Crippen LogP contribution >= 0.6 is 0 Å². The highest BCUT2D eigenvalue weighted by Gasteiger charge is 2.22. The van der Waals surface area contributed by atoms with Gasteiger partial charge in [0, 0.05) is 22.3 Å². The number of benzene rings is 1. The monoisotopic (exact) mass is 325 g/mol. The first-order chi connectivity index (χ1) is 11.6. The molecule has 1 aromatic carbocycles. The van der Waals surface area contributed by atoms with Crippen LogP contribution in [-0.2, 0) is 12.8 Å². The Labute approximate surface area is 136 Å². The summed E-state index contributed by atoms with van der Waals surface area (Å²) in [6.45, 7) is 0. The largest absolute Gasteiger partial charge is 0.475 e. The fourth-order valence-corrected chi connectivity index (χ4v) is 3.09. The fourth-order valence-electron chi connectivity index (χ4n) is 3.09. The minimum absolute atomic E-state index is 0.130. The van der Waals surface area contributed by atoms with Gasteiger partial charge in [-0.3, -0.25) is 9.89 Å². The van der Waals surface area contributed by atoms with Gasteiger partial charge in [-0.1, -0.05) is 0 Å². The first kappa shape index (κ1) is 14.5. The van der Waals surface area contributed by atoms with Crippen molar-refractivity contribution in [3.63, 3.8) is 0 Å². The van der Waals surface area contributed by atoms with Crippen LogP contribution in [0.4, 0.5) is 5.69 Å². The van der Waals surface area contributed by atoms with Gasteiger partial charge in [-0.25, -0.2) is 4.79 Å². The summed E-state index contributed by atoms with van der Waals surface area (Å²) in [6.07, 6.45) is 3.96. The van der Waals surface area contributed by atoms with Gasteiger partial charge >= 0.3 is 5.97 Å². The SMILES string of the molecule is O=C(O)c1cc2cc(NC(=O)c3n[nH]c4c3CCCC4)ccc2o1. The summed E-state index contributed by atoms with van der Waals surface area (Å²) in [6, 6.07) is 6.43. The maximum absolute atomic E-state index is 12.5. The Bertz CT molecular complexity index is 954. The number of carbonyl (C=O) groups is 2. The summed E-state index contributed by atoms with van der Waals surface area (Å²) in [5.41, 5.74) is 3.50. The first-order valence-electron chi connectivity index (χ1n) is 7.76. The fraction of sp³-hybridized carbons (Fsp3) is 0.235. The number of aromatic carboxylic acids is 1. The molecule has 0 bridgehead atoms. The zero-order valence-corrected chi connectivity index (χ0v) is 12.8. The molecule has 0 aliphatic heterocycles. The number of rotatable bonds is 3. The van der Waals surface area contributed by atoms with E-state index >= 15 is 0 Å². The van der Waals surface area contributed by atoms with Crippen LogP contribution in [-0.4, -0.2) is 27.2 Å². The molecule has 0 spiro atoms. The van der Waals surface area contributed by atoms with E-state index in [1.165, 1.54) is 6.07 Å². The van der Waals surface area contributed by atoms with Gasteiger partial charge < -0.3 is 14.8 Å². The van der Waals surface area contributed by atoms with Gasteiger partial charge in [0.15, 0.2) is 5.69 Å². The predicted molar refractivity (Wildman–Crippen MR) is 86.4 cm³/mol. The van der Waals surface area contributed by atoms with Crippen molar-refractivity contribution in [3.8, 4) is 0 Å². The third kappa shape index (κ3) is 2.44. The number of aryl methyl sites for hydroxylation is 1. The highest BCUT2D eigenvalue weighted by molar-refractivity contribution is 6.05. The van der Waals surface area contributed by atoms with Crippen LogP contribution in [0.25, 0.3) is 11.0 Å². The van der Waals surface area contributed by atoms with Crippen molar-refractivity contribution in [2.75, 3.05) is 5.32 Å². The van der Waals surface area contributed by atoms with E-state index < -0.39 is 5.97 Å². The van der Waals surface area contributed by atoms with Gasteiger partial charge in [0.05, 0.1) is 0 Å². The molecule has 3 aromatic rings. The molecule has 1 amide bonds. The number of H-pyrrole nitrogens is 1. The van der Waals surface area contributed by atoms with Crippen LogP contribution in [0.2, 0.25) is 0 Å². The molecule has 0 unspecified atom stereocenters. The Balaban J connectivity index is 1.60. The van der Waals surface area contributed by atoms with Crippen molar-refractivity contribution >= 4 is 28.5 Å². The molecular formula is C17H15N3O4. The molecule has 3 N–H and O–H groups in total. The van der Waals surface area contributed by atoms with Crippen molar-refractivity contribution in [1.29, 1.82) is 0 Å². The lowest BCUT2D eigenvalue weighted by Crippen LogP contribution is -2.15. The third-order valence-corrected chi connectivity index (χ3v) is 4.26. The van der Waals surface area contributed by atoms with Gasteiger partial charge in [-0.05, 0) is 49.9 Å². The molecule has 2 heterocycles. The van der Waals surface area contributed by atoms with Crippen molar-refractivity contribution in [1.82, 2.24) is 10.2 Å². The summed E-state index contributed by atoms with van der Waals surface area (Å²) in [7, 11) is 0. The average Bonchev–Trinajstić information content (AvgIpc) is 3.18. The molecule has 0 saturated carbocycles. The third-order valence-electron chi connectivity index (χ3n) is 4.26. The minimum Gasteiger partial charge on any atom is -0.475 e. The molecule has 0 atom stereocenters. The van der Waals surface area contributed by atoms with E-state index in [0.29, 0.717) is 22.4 Å². The predicted octanol–water partition coefficient (Wildman–Crippen LogP) is 2.99. The van der Waals surface area contributed by atoms with Crippen LogP contribution in [0.5, 0.6) is 0 Å². The maximum atomic E-state index is 12.5. The summed E-state index contributed by atoms with van der Waals surface area (Å²) in [5, 5.41) is 19.5. The second-order valence-electron chi connectivity index (χ2n) is 5.86. The van der Waals surface area contributed by atoms with E-state index in [-0.39, 0.29) is 11.7 Å². The summed E-state index contributed by atoms with van der Waals surface area (Å²) in [4.78, 5) is 23.4. The number of aromatic amines is 1. The molecule has 122 valence electrons. The Morgan fingerprint density at radius 2 is 2.04 bits per heavy atom. The van der Waals surface area contributed by atoms with Crippen LogP contribution in [0.1, 0.15) is 45.1 Å². The molecular weight excluding hydrogens is 310 g/mol. The van der Waals surface area contributed by atoms with E-state index in [0.717, 1.165) is 36.9 Å². The van der Waals surface area contributed by atoms with Gasteiger partial charge in [0.2, 0.25) is 5.76 Å². The molecule has 7 heteroatoms. The molecule has 4 rings (SSSR count). The quantitative estimate of drug-likeness (QED) is 0.686. The van der Waals surface area contributed by atoms with Gasteiger partial charge in [0.1, 0.15) is 5.58 Å². The first-order valence-corrected chi connectivity index (χ1v) is 7.76. The van der Waals surface area contributed by atoms with Gasteiger partial charge in [0.25, 0.3) is 5.91 Å². The molecule has 0 radical (unpaired) electrons. The number of hydrogen-bond donors (Lipinski definition) is 3. The number of aromatic nitrogens is 2. The maximum Gasteiger partial charge on any atom is 0.371 e. The number of nitrogens with zero attached hydrogens (tertiary/aromatic N) is 1. The van der Waals surface area contributed by atoms with Crippen LogP contribution in [0.3, 0.4) is 0 Å². The smallest absolute Gasteiger partial charge is 0.371 e. The average molecular weight is 325 g/mol. The molecule has 0 fully saturated rings. The molecule has 0 saturated heterocycles. The van der Waals surface area contributed by atoms with Crippen LogP contribution in [0.15, 0.2) is 28.7 Å². The van der Waals surface area contributed by atoms with Gasteiger partial charge in [-0.15, -0.1) is 0 Å². The summed E-state index contributed by atoms with van der Waals surface area (Å²) >= 11 is 0. The summed E-state index contributed by atoms with van der Waals surface area (Å²) < 4.78 is 5.21. The van der Waals surface area contributed by atoms with E-state index in [1.807, 2.05) is 0 Å². The number of hydrogen-bond acceptors (Lipinski definition) is 4. The Hall–Kier alpha value is -3.09. The highest BCUT2D eigenvalue weighted by Crippen LogP contribution is 2.25. The van der Waals surface area contributed by atoms with E-state index in [2.05, 4.69) is 15.5 Å². The topological polar surface area (TPSA) is 108 Å². The molecule has 1 aliphatic carbocycles. The van der Waals surface area contributed by atoms with Crippen molar-refractivity contribution in [3.05, 3.63) is 47.0 Å². The summed E-state index contributed by atoms with van der Waals surface area (Å²) in [5.74, 6) is -1.52. The zero-order valence-electron chi connectivity index (χ0n) is 12.8. The second kappa shape index (κ2) is 5.52. The number of nitrogens with one attached hydrogen (secondary N) is 2. The number of carboxylic acids is 1. The lowest BCUT2D eigenvalue weighted by molar-refractivity contribution is 0.0665. The second-order valence-corrected chi connectivity index (χ2v) is 5.86. The number of carbonyl (C=O) groups excluding carboxylic acids is 1. The number of anilines is 1. The molecule has 2 aromatic heterocycles. The standard InChI is InChI=1S/C17H15N3O4/c21-16(15-11-3-1-2-4-12(11)19-20-15)18-10-5-6-13-9(7-10)8-14(24-13)17(22)23/h5-8H,1-4H2,(H,18,21)(H,19,20)(H,22,23). The Morgan fingerprint density at radius 1 is 1.21 bits per heavy atom. The number of fused-ring (bicyclic) bond motifs is 2. The zero-order chi connectivity index (χ0) is 16.7. The van der Waals surface area contributed by atoms with E-state index in [9.17, 15) is 9.59 Å². The lowest BCUT2D eigenvalue weighted by Gasteiger charge is -2.11. The van der Waals surface area contributed by atoms with E-state index in [1.54, 1.807) is 18.2 Å². The molecule has 1 aliphatic rings. The Morgan fingerprint density at radius 3 is 2.88 bits per heavy atom. The van der Waals surface area contributed by atoms with Crippen molar-refractivity contribution in [2.24, 2.45) is 0 Å². The number of carboxylic acid groups (broad SMARTS) is 1. The minimum atomic E-state index is -1.13. The Kier molecular flexibility index (Phi) is 3.34. The highest BCUT2D eigenvalue weighted by atomic mass is 16.4. The van der Waals surface area contributed by atoms with Gasteiger partial charge in [-0.2, -0.15) is 5.10 Å². The van der Waals surface area contributed by atoms with Crippen molar-refractivity contribution in [2.45, 2.75) is 25.7 Å². The lowest BCUT2D eigenvalue weighted by atomic mass is 9.96. The number of furan rings is 1. The normalized spacial score (nSPS) is 13.7. The van der Waals surface area contributed by atoms with Crippen molar-refractivity contribution < 1.29 is 19.1 Å². The van der Waals surface area contributed by atoms with Crippen LogP contribution < -0.4 is 5.32 Å². The molecule has 24 heavy (non-hydrogen) atoms. The van der Waals surface area contributed by atoms with Crippen LogP contribution in [0, 0.1) is 0 Å². The molecule has 7 nitrogen and oxygen atoms in total. The number of amides is 1. The van der Waals surface area contributed by atoms with E-state index in [4.69, 9.17) is 9.52 Å².